The van der Waals surface area contributed by atoms with Crippen molar-refractivity contribution in [2.45, 2.75) is 32.8 Å². The van der Waals surface area contributed by atoms with Gasteiger partial charge in [0.15, 0.2) is 6.10 Å². The lowest BCUT2D eigenvalue weighted by Crippen LogP contribution is -2.35. The average Bonchev–Trinajstić information content (AvgIpc) is 2.78. The fourth-order valence-corrected chi connectivity index (χ4v) is 2.51. The Kier molecular flexibility index (Phi) is 9.05. The zero-order valence-electron chi connectivity index (χ0n) is 17.5. The number of benzene rings is 2. The van der Waals surface area contributed by atoms with E-state index in [2.05, 4.69) is 17.6 Å². The second-order valence-electron chi connectivity index (χ2n) is 6.69. The largest absolute Gasteiger partial charge is 0.494 e. The van der Waals surface area contributed by atoms with Crippen LogP contribution in [0.2, 0.25) is 0 Å². The number of carbonyl (C=O) groups is 3. The molecule has 0 saturated heterocycles. The molecule has 8 heteroatoms. The molecule has 162 valence electrons. The predicted octanol–water partition coefficient (Wildman–Crippen LogP) is 3.04. The zero-order valence-corrected chi connectivity index (χ0v) is 17.5. The van der Waals surface area contributed by atoms with Gasteiger partial charge in [0.25, 0.3) is 11.8 Å². The van der Waals surface area contributed by atoms with E-state index < -0.39 is 23.9 Å². The van der Waals surface area contributed by atoms with E-state index in [4.69, 9.17) is 14.7 Å². The molecule has 0 aliphatic carbocycles. The highest BCUT2D eigenvalue weighted by Crippen LogP contribution is 2.14. The summed E-state index contributed by atoms with van der Waals surface area (Å²) in [6, 6.07) is 15.0. The molecule has 2 N–H and O–H groups in total. The zero-order chi connectivity index (χ0) is 22.6. The molecule has 0 bridgehead atoms. The number of nitrogens with zero attached hydrogens (tertiary/aromatic N) is 1. The molecule has 0 aliphatic heterocycles. The lowest BCUT2D eigenvalue weighted by molar-refractivity contribution is -0.152. The highest BCUT2D eigenvalue weighted by atomic mass is 16.5. The third-order valence-electron chi connectivity index (χ3n) is 4.26. The number of ether oxygens (including phenoxy) is 2. The van der Waals surface area contributed by atoms with Gasteiger partial charge in [-0.05, 0) is 49.7 Å². The number of rotatable bonds is 10. The van der Waals surface area contributed by atoms with Crippen molar-refractivity contribution in [2.75, 3.05) is 18.5 Å². The van der Waals surface area contributed by atoms with E-state index >= 15 is 0 Å². The van der Waals surface area contributed by atoms with E-state index in [1.165, 1.54) is 6.92 Å². The number of amides is 2. The summed E-state index contributed by atoms with van der Waals surface area (Å²) in [5, 5.41) is 14.1. The van der Waals surface area contributed by atoms with Crippen LogP contribution in [0.5, 0.6) is 5.75 Å². The lowest BCUT2D eigenvalue weighted by atomic mass is 10.2. The van der Waals surface area contributed by atoms with Crippen LogP contribution in [0.15, 0.2) is 48.5 Å². The van der Waals surface area contributed by atoms with Crippen molar-refractivity contribution in [3.63, 3.8) is 0 Å². The Balaban J connectivity index is 1.79. The van der Waals surface area contributed by atoms with Gasteiger partial charge in [0.2, 0.25) is 0 Å². The maximum atomic E-state index is 12.2. The maximum absolute atomic E-state index is 12.2. The summed E-state index contributed by atoms with van der Waals surface area (Å²) < 4.78 is 10.6. The first kappa shape index (κ1) is 23.4. The molecule has 0 fully saturated rings. The summed E-state index contributed by atoms with van der Waals surface area (Å²) in [5.41, 5.74) is 0.992. The molecule has 1 atom stereocenters. The van der Waals surface area contributed by atoms with E-state index in [1.54, 1.807) is 48.5 Å². The number of para-hydroxylation sites is 1. The van der Waals surface area contributed by atoms with Crippen LogP contribution in [0.3, 0.4) is 0 Å². The minimum Gasteiger partial charge on any atom is -0.494 e. The van der Waals surface area contributed by atoms with Gasteiger partial charge in [-0.3, -0.25) is 14.4 Å². The van der Waals surface area contributed by atoms with Crippen molar-refractivity contribution < 1.29 is 23.9 Å². The first-order valence-corrected chi connectivity index (χ1v) is 9.95. The number of anilines is 1. The highest BCUT2D eigenvalue weighted by molar-refractivity contribution is 5.97. The molecule has 8 nitrogen and oxygen atoms in total. The fourth-order valence-electron chi connectivity index (χ4n) is 2.51. The Morgan fingerprint density at radius 3 is 2.48 bits per heavy atom. The van der Waals surface area contributed by atoms with Crippen molar-refractivity contribution in [2.24, 2.45) is 0 Å². The van der Waals surface area contributed by atoms with Gasteiger partial charge >= 0.3 is 5.97 Å². The standard InChI is InChI=1S/C23H25N3O5/c1-3-4-13-30-19-11-9-17(10-12-19)23(29)25-15-21(27)31-16(2)22(28)26-20-8-6-5-7-18(20)14-24/h5-12,16H,3-4,13,15H2,1-2H3,(H,25,29)(H,26,28). The van der Waals surface area contributed by atoms with Crippen molar-refractivity contribution in [1.29, 1.82) is 5.26 Å². The summed E-state index contributed by atoms with van der Waals surface area (Å²) in [7, 11) is 0. The van der Waals surface area contributed by atoms with Crippen molar-refractivity contribution in [1.82, 2.24) is 5.32 Å². The molecule has 2 rings (SSSR count). The summed E-state index contributed by atoms with van der Waals surface area (Å²) in [6.45, 7) is 3.70. The van der Waals surface area contributed by atoms with Gasteiger partial charge in [0.05, 0.1) is 17.9 Å². The normalized spacial score (nSPS) is 11.0. The van der Waals surface area contributed by atoms with Gasteiger partial charge in [0.1, 0.15) is 18.4 Å². The molecule has 0 heterocycles. The molecular formula is C23H25N3O5. The van der Waals surface area contributed by atoms with E-state index in [-0.39, 0.29) is 6.54 Å². The summed E-state index contributed by atoms with van der Waals surface area (Å²) in [4.78, 5) is 36.4. The second kappa shape index (κ2) is 12.0. The Morgan fingerprint density at radius 1 is 1.10 bits per heavy atom. The van der Waals surface area contributed by atoms with Gasteiger partial charge in [-0.25, -0.2) is 0 Å². The van der Waals surface area contributed by atoms with Crippen LogP contribution in [-0.4, -0.2) is 37.0 Å². The first-order chi connectivity index (χ1) is 14.9. The molecule has 1 unspecified atom stereocenters. The second-order valence-corrected chi connectivity index (χ2v) is 6.69. The van der Waals surface area contributed by atoms with Crippen LogP contribution < -0.4 is 15.4 Å². The number of unbranched alkanes of at least 4 members (excludes halogenated alkanes) is 1. The third kappa shape index (κ3) is 7.48. The average molecular weight is 423 g/mol. The Bertz CT molecular complexity index is 950. The van der Waals surface area contributed by atoms with Crippen LogP contribution in [0.4, 0.5) is 5.69 Å². The molecule has 2 aromatic rings. The minimum atomic E-state index is -1.10. The van der Waals surface area contributed by atoms with E-state index in [1.807, 2.05) is 6.07 Å². The van der Waals surface area contributed by atoms with Gasteiger partial charge in [-0.1, -0.05) is 25.5 Å². The molecular weight excluding hydrogens is 398 g/mol. The van der Waals surface area contributed by atoms with Crippen molar-refractivity contribution in [3.8, 4) is 11.8 Å². The van der Waals surface area contributed by atoms with Gasteiger partial charge < -0.3 is 20.1 Å². The van der Waals surface area contributed by atoms with Gasteiger partial charge in [-0.15, -0.1) is 0 Å². The number of esters is 1. The van der Waals surface area contributed by atoms with E-state index in [0.29, 0.717) is 29.2 Å². The summed E-state index contributed by atoms with van der Waals surface area (Å²) >= 11 is 0. The number of hydrogen-bond acceptors (Lipinski definition) is 6. The molecule has 2 aromatic carbocycles. The molecule has 0 radical (unpaired) electrons. The quantitative estimate of drug-likeness (QED) is 0.448. The lowest BCUT2D eigenvalue weighted by Gasteiger charge is -2.14. The van der Waals surface area contributed by atoms with Crippen LogP contribution in [-0.2, 0) is 14.3 Å². The van der Waals surface area contributed by atoms with Gasteiger partial charge in [0, 0.05) is 5.56 Å². The molecule has 31 heavy (non-hydrogen) atoms. The van der Waals surface area contributed by atoms with Crippen molar-refractivity contribution in [3.05, 3.63) is 59.7 Å². The maximum Gasteiger partial charge on any atom is 0.326 e. The molecule has 0 aromatic heterocycles. The topological polar surface area (TPSA) is 118 Å². The summed E-state index contributed by atoms with van der Waals surface area (Å²) in [5.74, 6) is -1.12. The van der Waals surface area contributed by atoms with Crippen molar-refractivity contribution >= 4 is 23.5 Å². The monoisotopic (exact) mass is 423 g/mol. The third-order valence-corrected chi connectivity index (χ3v) is 4.26. The van der Waals surface area contributed by atoms with Gasteiger partial charge in [-0.2, -0.15) is 5.26 Å². The Hall–Kier alpha value is -3.86. The van der Waals surface area contributed by atoms with E-state index in [9.17, 15) is 14.4 Å². The fraction of sp³-hybridized carbons (Fsp3) is 0.304. The minimum absolute atomic E-state index is 0.295. The van der Waals surface area contributed by atoms with E-state index in [0.717, 1.165) is 12.8 Å². The van der Waals surface area contributed by atoms with Crippen LogP contribution in [0.1, 0.15) is 42.6 Å². The summed E-state index contributed by atoms with van der Waals surface area (Å²) in [6.07, 6.45) is 0.881. The van der Waals surface area contributed by atoms with Crippen LogP contribution >= 0.6 is 0 Å². The number of hydrogen-bond donors (Lipinski definition) is 2. The van der Waals surface area contributed by atoms with Crippen LogP contribution in [0.25, 0.3) is 0 Å². The number of nitrogens with one attached hydrogen (secondary N) is 2. The molecule has 0 aliphatic rings. The smallest absolute Gasteiger partial charge is 0.326 e. The highest BCUT2D eigenvalue weighted by Gasteiger charge is 2.19. The molecule has 0 saturated carbocycles. The Labute approximate surface area is 181 Å². The Morgan fingerprint density at radius 2 is 1.81 bits per heavy atom. The SMILES string of the molecule is CCCCOc1ccc(C(=O)NCC(=O)OC(C)C(=O)Nc2ccccc2C#N)cc1. The van der Waals surface area contributed by atoms with Crippen LogP contribution in [0, 0.1) is 11.3 Å². The molecule has 0 spiro atoms. The molecule has 2 amide bonds. The first-order valence-electron chi connectivity index (χ1n) is 9.95. The number of nitriles is 1. The predicted molar refractivity (Wildman–Crippen MR) is 115 cm³/mol. The number of carbonyl (C=O) groups excluding carboxylic acids is 3.